The van der Waals surface area contributed by atoms with Gasteiger partial charge in [-0.25, -0.2) is 0 Å². The van der Waals surface area contributed by atoms with Crippen molar-refractivity contribution in [1.82, 2.24) is 5.32 Å². The molecule has 86 heavy (non-hydrogen) atoms. The Morgan fingerprint density at radius 2 is 0.581 bits per heavy atom. The van der Waals surface area contributed by atoms with Crippen LogP contribution in [0.1, 0.15) is 450 Å². The van der Waals surface area contributed by atoms with E-state index in [4.69, 9.17) is 4.74 Å². The number of aliphatic hydroxyl groups is 2. The minimum absolute atomic E-state index is 0.0252. The van der Waals surface area contributed by atoms with Crippen molar-refractivity contribution in [3.63, 3.8) is 0 Å². The molecule has 0 aliphatic heterocycles. The fraction of sp³-hybridized carbons (Fsp3) is 0.925. The topological polar surface area (TPSA) is 95.9 Å². The van der Waals surface area contributed by atoms with Gasteiger partial charge in [-0.15, -0.1) is 0 Å². The van der Waals surface area contributed by atoms with E-state index < -0.39 is 12.1 Å². The number of allylic oxidation sites excluding steroid dienone is 4. The molecule has 0 spiro atoms. The Kier molecular flexibility index (Phi) is 74.3. The second-order valence-corrected chi connectivity index (χ2v) is 27.4. The normalized spacial score (nSPS) is 12.6. The van der Waals surface area contributed by atoms with Crippen LogP contribution in [-0.4, -0.2) is 47.4 Å². The molecule has 0 aromatic carbocycles. The second-order valence-electron chi connectivity index (χ2n) is 27.4. The molecule has 6 heteroatoms. The monoisotopic (exact) mass is 1210 g/mol. The highest BCUT2D eigenvalue weighted by Gasteiger charge is 2.20. The van der Waals surface area contributed by atoms with Gasteiger partial charge >= 0.3 is 5.97 Å². The smallest absolute Gasteiger partial charge is 0.305 e. The van der Waals surface area contributed by atoms with Crippen LogP contribution in [0.25, 0.3) is 0 Å². The molecule has 0 radical (unpaired) electrons. The summed E-state index contributed by atoms with van der Waals surface area (Å²) in [7, 11) is 0. The first-order valence-electron chi connectivity index (χ1n) is 39.6. The standard InChI is InChI=1S/C80H155NO5/c1-3-5-7-9-11-13-15-17-18-42-46-50-54-58-62-66-70-74-80(85)86-75-71-67-63-59-55-51-47-44-41-39-37-35-33-31-29-27-25-23-21-19-20-22-24-26-28-30-32-34-36-38-40-43-45-49-53-57-61-65-69-73-79(84)81-77(76-82)78(83)72-68-64-60-56-52-48-16-14-12-10-8-6-4-2/h19-20,23,25,77-78,82-83H,3-18,21-22,24,26-76H2,1-2H3,(H,81,84)/b20-19-,25-23-. The van der Waals surface area contributed by atoms with E-state index in [2.05, 4.69) is 43.5 Å². The first-order chi connectivity index (χ1) is 42.5. The third-order valence-corrected chi connectivity index (χ3v) is 18.8. The fourth-order valence-electron chi connectivity index (χ4n) is 12.7. The number of amides is 1. The van der Waals surface area contributed by atoms with Gasteiger partial charge < -0.3 is 20.3 Å². The summed E-state index contributed by atoms with van der Waals surface area (Å²) in [5.74, 6) is -0.00413. The molecule has 2 atom stereocenters. The average molecular weight is 1210 g/mol. The highest BCUT2D eigenvalue weighted by molar-refractivity contribution is 5.76. The number of esters is 1. The van der Waals surface area contributed by atoms with Gasteiger partial charge in [0.2, 0.25) is 5.91 Å². The van der Waals surface area contributed by atoms with Crippen LogP contribution in [0.15, 0.2) is 24.3 Å². The lowest BCUT2D eigenvalue weighted by Crippen LogP contribution is -2.45. The number of carbonyl (C=O) groups is 2. The summed E-state index contributed by atoms with van der Waals surface area (Å²) in [6.45, 7) is 5.00. The minimum atomic E-state index is -0.661. The first kappa shape index (κ1) is 84.3. The number of ether oxygens (including phenoxy) is 1. The van der Waals surface area contributed by atoms with Crippen molar-refractivity contribution in [1.29, 1.82) is 0 Å². The molecular weight excluding hydrogens is 1050 g/mol. The lowest BCUT2D eigenvalue weighted by atomic mass is 10.0. The predicted octanol–water partition coefficient (Wildman–Crippen LogP) is 26.0. The molecule has 0 bridgehead atoms. The fourth-order valence-corrected chi connectivity index (χ4v) is 12.7. The van der Waals surface area contributed by atoms with Crippen LogP contribution in [0.4, 0.5) is 0 Å². The maximum absolute atomic E-state index is 12.5. The van der Waals surface area contributed by atoms with Crippen molar-refractivity contribution >= 4 is 11.9 Å². The third kappa shape index (κ3) is 71.4. The third-order valence-electron chi connectivity index (χ3n) is 18.8. The Hall–Kier alpha value is -1.66. The Morgan fingerprint density at radius 3 is 0.884 bits per heavy atom. The van der Waals surface area contributed by atoms with Crippen molar-refractivity contribution < 1.29 is 24.5 Å². The molecular formula is C80H155NO5. The van der Waals surface area contributed by atoms with E-state index in [9.17, 15) is 19.8 Å². The summed E-state index contributed by atoms with van der Waals surface area (Å²) in [5, 5.41) is 23.3. The molecule has 0 aliphatic carbocycles. The number of aliphatic hydroxyl groups excluding tert-OH is 2. The summed E-state index contributed by atoms with van der Waals surface area (Å²) in [6, 6.07) is -0.538. The largest absolute Gasteiger partial charge is 0.466 e. The molecule has 3 N–H and O–H groups in total. The molecule has 0 aromatic heterocycles. The molecule has 0 saturated carbocycles. The first-order valence-corrected chi connectivity index (χ1v) is 39.6. The molecule has 0 heterocycles. The Balaban J connectivity index is 3.32. The molecule has 2 unspecified atom stereocenters. The Bertz CT molecular complexity index is 1350. The minimum Gasteiger partial charge on any atom is -0.466 e. The molecule has 0 aromatic rings. The summed E-state index contributed by atoms with van der Waals surface area (Å²) >= 11 is 0. The average Bonchev–Trinajstić information content (AvgIpc) is 3.54. The molecule has 1 amide bonds. The molecule has 0 rings (SSSR count). The van der Waals surface area contributed by atoms with E-state index >= 15 is 0 Å². The van der Waals surface area contributed by atoms with Crippen molar-refractivity contribution in [2.45, 2.75) is 463 Å². The summed E-state index contributed by atoms with van der Waals surface area (Å²) in [4.78, 5) is 24.6. The zero-order valence-electron chi connectivity index (χ0n) is 58.6. The lowest BCUT2D eigenvalue weighted by molar-refractivity contribution is -0.143. The predicted molar refractivity (Wildman–Crippen MR) is 380 cm³/mol. The van der Waals surface area contributed by atoms with Gasteiger partial charge in [-0.05, 0) is 57.8 Å². The second kappa shape index (κ2) is 75.8. The number of hydrogen-bond acceptors (Lipinski definition) is 5. The molecule has 6 nitrogen and oxygen atoms in total. The van der Waals surface area contributed by atoms with Crippen LogP contribution < -0.4 is 5.32 Å². The highest BCUT2D eigenvalue weighted by Crippen LogP contribution is 2.20. The summed E-state index contributed by atoms with van der Waals surface area (Å²) in [5.41, 5.74) is 0. The van der Waals surface area contributed by atoms with Crippen molar-refractivity contribution in [3.05, 3.63) is 24.3 Å². The number of hydrogen-bond donors (Lipinski definition) is 3. The van der Waals surface area contributed by atoms with Gasteiger partial charge in [-0.3, -0.25) is 9.59 Å². The van der Waals surface area contributed by atoms with Crippen LogP contribution in [0.5, 0.6) is 0 Å². The van der Waals surface area contributed by atoms with Gasteiger partial charge in [0, 0.05) is 12.8 Å². The molecule has 510 valence electrons. The summed E-state index contributed by atoms with van der Waals surface area (Å²) < 4.78 is 5.51. The van der Waals surface area contributed by atoms with Crippen molar-refractivity contribution in [2.24, 2.45) is 0 Å². The van der Waals surface area contributed by atoms with Crippen LogP contribution in [0, 0.1) is 0 Å². The highest BCUT2D eigenvalue weighted by atomic mass is 16.5. The molecule has 0 saturated heterocycles. The Morgan fingerprint density at radius 1 is 0.326 bits per heavy atom. The zero-order valence-corrected chi connectivity index (χ0v) is 58.6. The molecule has 0 fully saturated rings. The van der Waals surface area contributed by atoms with E-state index in [0.717, 1.165) is 44.9 Å². The quantitative estimate of drug-likeness (QED) is 0.0320. The van der Waals surface area contributed by atoms with Gasteiger partial charge in [-0.2, -0.15) is 0 Å². The van der Waals surface area contributed by atoms with E-state index in [0.29, 0.717) is 25.9 Å². The van der Waals surface area contributed by atoms with E-state index in [1.54, 1.807) is 0 Å². The zero-order chi connectivity index (χ0) is 62.0. The number of rotatable bonds is 75. The maximum atomic E-state index is 12.5. The number of nitrogens with one attached hydrogen (secondary N) is 1. The van der Waals surface area contributed by atoms with Gasteiger partial charge in [0.25, 0.3) is 0 Å². The van der Waals surface area contributed by atoms with E-state index in [1.807, 2.05) is 0 Å². The van der Waals surface area contributed by atoms with Crippen molar-refractivity contribution in [2.75, 3.05) is 13.2 Å². The molecule has 0 aliphatic rings. The van der Waals surface area contributed by atoms with Crippen LogP contribution >= 0.6 is 0 Å². The van der Waals surface area contributed by atoms with E-state index in [-0.39, 0.29) is 18.5 Å². The maximum Gasteiger partial charge on any atom is 0.305 e. The summed E-state index contributed by atoms with van der Waals surface area (Å²) in [6.07, 6.45) is 97.1. The van der Waals surface area contributed by atoms with Crippen LogP contribution in [-0.2, 0) is 14.3 Å². The number of unbranched alkanes of at least 4 members (excludes halogenated alkanes) is 60. The lowest BCUT2D eigenvalue weighted by Gasteiger charge is -2.22. The van der Waals surface area contributed by atoms with Gasteiger partial charge in [0.1, 0.15) is 0 Å². The van der Waals surface area contributed by atoms with Gasteiger partial charge in [0.05, 0.1) is 25.4 Å². The van der Waals surface area contributed by atoms with Crippen LogP contribution in [0.3, 0.4) is 0 Å². The van der Waals surface area contributed by atoms with Crippen LogP contribution in [0.2, 0.25) is 0 Å². The van der Waals surface area contributed by atoms with Crippen molar-refractivity contribution in [3.8, 4) is 0 Å². The van der Waals surface area contributed by atoms with E-state index in [1.165, 1.54) is 372 Å². The Labute approximate surface area is 539 Å². The number of carbonyl (C=O) groups excluding carboxylic acids is 2. The van der Waals surface area contributed by atoms with Gasteiger partial charge in [-0.1, -0.05) is 404 Å². The van der Waals surface area contributed by atoms with Gasteiger partial charge in [0.15, 0.2) is 0 Å². The SMILES string of the molecule is CCCCCCCCCCCCCCCCCCCC(=O)OCCCCCCCCCCCCCCCCC/C=C\C/C=C\CCCCCCCCCCCCCCCCCCCC(=O)NC(CO)C(O)CCCCCCCCCCCCCCC.